The minimum Gasteiger partial charge on any atom is -0.391 e. The Bertz CT molecular complexity index is 1350. The molecular weight excluding hydrogens is 508 g/mol. The largest absolute Gasteiger partial charge is 0.391 e. The number of aliphatic hydroxyl groups excluding tert-OH is 1. The van der Waals surface area contributed by atoms with Gasteiger partial charge in [0.05, 0.1) is 11.8 Å². The van der Waals surface area contributed by atoms with Gasteiger partial charge in [0.1, 0.15) is 18.1 Å². The van der Waals surface area contributed by atoms with Crippen molar-refractivity contribution in [3.8, 4) is 11.1 Å². The molecule has 4 atom stereocenters. The Morgan fingerprint density at radius 3 is 2.35 bits per heavy atom. The molecule has 3 aromatic rings. The lowest BCUT2D eigenvalue weighted by molar-refractivity contribution is -0.143. The van der Waals surface area contributed by atoms with Crippen LogP contribution in [0.4, 0.5) is 0 Å². The van der Waals surface area contributed by atoms with Crippen molar-refractivity contribution in [3.05, 3.63) is 72.1 Å². The molecule has 1 aliphatic carbocycles. The molecule has 2 heterocycles. The van der Waals surface area contributed by atoms with E-state index in [1.54, 1.807) is 4.68 Å². The lowest BCUT2D eigenvalue weighted by Crippen LogP contribution is -2.54. The number of amides is 3. The number of aromatic nitrogens is 3. The smallest absolute Gasteiger partial charge is 0.248 e. The number of nitrogens with zero attached hydrogens (tertiary/aromatic N) is 4. The van der Waals surface area contributed by atoms with Crippen LogP contribution >= 0.6 is 0 Å². The summed E-state index contributed by atoms with van der Waals surface area (Å²) in [7, 11) is 0. The summed E-state index contributed by atoms with van der Waals surface area (Å²) < 4.78 is 1.58. The zero-order valence-electron chi connectivity index (χ0n) is 22.8. The fourth-order valence-corrected chi connectivity index (χ4v) is 5.36. The van der Waals surface area contributed by atoms with Gasteiger partial charge in [-0.05, 0) is 35.4 Å². The van der Waals surface area contributed by atoms with E-state index in [-0.39, 0.29) is 31.2 Å². The van der Waals surface area contributed by atoms with Gasteiger partial charge in [0, 0.05) is 31.5 Å². The predicted octanol–water partition coefficient (Wildman–Crippen LogP) is 2.19. The van der Waals surface area contributed by atoms with Gasteiger partial charge in [0.25, 0.3) is 0 Å². The molecule has 40 heavy (non-hydrogen) atoms. The maximum atomic E-state index is 13.8. The number of aliphatic hydroxyl groups is 1. The van der Waals surface area contributed by atoms with Crippen LogP contribution in [-0.2, 0) is 20.8 Å². The molecule has 10 nitrogen and oxygen atoms in total. The Hall–Kier alpha value is -4.05. The summed E-state index contributed by atoms with van der Waals surface area (Å²) in [6.07, 6.45) is 3.37. The molecule has 0 spiro atoms. The van der Waals surface area contributed by atoms with Gasteiger partial charge >= 0.3 is 0 Å². The number of hydrogen-bond donors (Lipinski definition) is 3. The Morgan fingerprint density at radius 1 is 1.05 bits per heavy atom. The van der Waals surface area contributed by atoms with Crippen LogP contribution in [-0.4, -0.2) is 67.5 Å². The molecule has 2 fully saturated rings. The highest BCUT2D eigenvalue weighted by Crippen LogP contribution is 2.39. The van der Waals surface area contributed by atoms with Crippen LogP contribution in [0.2, 0.25) is 0 Å². The number of carbonyl (C=O) groups excluding carboxylic acids is 3. The Labute approximate surface area is 233 Å². The monoisotopic (exact) mass is 544 g/mol. The molecule has 1 saturated heterocycles. The average molecular weight is 545 g/mol. The van der Waals surface area contributed by atoms with Crippen LogP contribution in [0, 0.1) is 5.92 Å². The number of primary amides is 1. The first kappa shape index (κ1) is 27.5. The van der Waals surface area contributed by atoms with Crippen molar-refractivity contribution in [2.45, 2.75) is 69.7 Å². The van der Waals surface area contributed by atoms with E-state index >= 15 is 0 Å². The average Bonchev–Trinajstić information content (AvgIpc) is 3.54. The lowest BCUT2D eigenvalue weighted by atomic mass is 10.00. The van der Waals surface area contributed by atoms with Crippen molar-refractivity contribution in [2.75, 3.05) is 6.54 Å². The van der Waals surface area contributed by atoms with Gasteiger partial charge < -0.3 is 21.1 Å². The Balaban J connectivity index is 1.28. The van der Waals surface area contributed by atoms with E-state index in [4.69, 9.17) is 5.73 Å². The number of carbonyl (C=O) groups is 3. The van der Waals surface area contributed by atoms with E-state index in [0.717, 1.165) is 35.2 Å². The van der Waals surface area contributed by atoms with Crippen molar-refractivity contribution in [1.29, 1.82) is 0 Å². The summed E-state index contributed by atoms with van der Waals surface area (Å²) in [6.45, 7) is 3.84. The molecular formula is C30H36N6O4. The number of nitrogens with two attached hydrogens (primary N) is 1. The third-order valence-electron chi connectivity index (χ3n) is 7.72. The van der Waals surface area contributed by atoms with Crippen molar-refractivity contribution in [3.63, 3.8) is 0 Å². The SMILES string of the molecule is CC(C)C(C(=O)N1C[C@H](O)C[C@H]1C(=O)NC(Cc1ccc(-c2ccccc2)cc1)C(N)=O)n1cc(C2CC2)nn1. The third-order valence-corrected chi connectivity index (χ3v) is 7.72. The molecule has 1 aliphatic heterocycles. The molecule has 0 radical (unpaired) electrons. The molecule has 210 valence electrons. The van der Waals surface area contributed by atoms with Crippen molar-refractivity contribution in [2.24, 2.45) is 11.7 Å². The molecule has 1 saturated carbocycles. The summed E-state index contributed by atoms with van der Waals surface area (Å²) in [6, 6.07) is 15.1. The second kappa shape index (κ2) is 11.6. The molecule has 3 amide bonds. The van der Waals surface area contributed by atoms with Gasteiger partial charge in [0.2, 0.25) is 17.7 Å². The minimum atomic E-state index is -0.970. The second-order valence-electron chi connectivity index (χ2n) is 11.2. The van der Waals surface area contributed by atoms with Crippen LogP contribution in [0.1, 0.15) is 56.3 Å². The van der Waals surface area contributed by atoms with E-state index in [1.807, 2.05) is 74.6 Å². The van der Waals surface area contributed by atoms with E-state index < -0.39 is 36.0 Å². The first-order valence-electron chi connectivity index (χ1n) is 13.9. The molecule has 2 aliphatic rings. The van der Waals surface area contributed by atoms with Crippen LogP contribution in [0.25, 0.3) is 11.1 Å². The summed E-state index contributed by atoms with van der Waals surface area (Å²) in [5, 5.41) is 21.6. The van der Waals surface area contributed by atoms with Crippen LogP contribution in [0.5, 0.6) is 0 Å². The first-order valence-corrected chi connectivity index (χ1v) is 13.9. The molecule has 5 rings (SSSR count). The van der Waals surface area contributed by atoms with Crippen LogP contribution in [0.3, 0.4) is 0 Å². The number of hydrogen-bond acceptors (Lipinski definition) is 6. The Kier molecular flexibility index (Phi) is 7.97. The number of β-amino-alcohol motifs (C(OH)–C–C–N with tert-alkyl or cyclic N) is 1. The van der Waals surface area contributed by atoms with Crippen molar-refractivity contribution >= 4 is 17.7 Å². The Morgan fingerprint density at radius 2 is 1.73 bits per heavy atom. The second-order valence-corrected chi connectivity index (χ2v) is 11.2. The summed E-state index contributed by atoms with van der Waals surface area (Å²) in [4.78, 5) is 40.9. The van der Waals surface area contributed by atoms with Crippen LogP contribution in [0.15, 0.2) is 60.8 Å². The molecule has 0 bridgehead atoms. The van der Waals surface area contributed by atoms with Crippen LogP contribution < -0.4 is 11.1 Å². The molecule has 2 unspecified atom stereocenters. The van der Waals surface area contributed by atoms with E-state index in [0.29, 0.717) is 5.92 Å². The summed E-state index contributed by atoms with van der Waals surface area (Å²) >= 11 is 0. The summed E-state index contributed by atoms with van der Waals surface area (Å²) in [5.74, 6) is -1.24. The zero-order chi connectivity index (χ0) is 28.4. The molecule has 10 heteroatoms. The predicted molar refractivity (Wildman–Crippen MR) is 149 cm³/mol. The number of benzene rings is 2. The standard InChI is InChI=1S/C30H36N6O4/c1-18(2)27(36-17-25(33-34-36)22-12-13-22)30(40)35-16-23(37)15-26(35)29(39)32-24(28(31)38)14-19-8-10-21(11-9-19)20-6-4-3-5-7-20/h3-11,17-18,22-24,26-27,37H,12-16H2,1-2H3,(H2,31,38)(H,32,39)/t23-,24?,26+,27?/m1/s1. The fourth-order valence-electron chi connectivity index (χ4n) is 5.36. The van der Waals surface area contributed by atoms with Gasteiger partial charge in [-0.15, -0.1) is 5.10 Å². The quantitative estimate of drug-likeness (QED) is 0.357. The zero-order valence-corrected chi connectivity index (χ0v) is 22.8. The normalized spacial score (nSPS) is 20.4. The summed E-state index contributed by atoms with van der Waals surface area (Å²) in [5.41, 5.74) is 9.49. The maximum Gasteiger partial charge on any atom is 0.248 e. The highest BCUT2D eigenvalue weighted by Gasteiger charge is 2.43. The molecule has 1 aromatic heterocycles. The molecule has 4 N–H and O–H groups in total. The highest BCUT2D eigenvalue weighted by molar-refractivity contribution is 5.93. The van der Waals surface area contributed by atoms with E-state index in [1.165, 1.54) is 4.90 Å². The van der Waals surface area contributed by atoms with Gasteiger partial charge in [-0.1, -0.05) is 73.7 Å². The first-order chi connectivity index (χ1) is 19.2. The van der Waals surface area contributed by atoms with Gasteiger partial charge in [0.15, 0.2) is 0 Å². The van der Waals surface area contributed by atoms with E-state index in [9.17, 15) is 19.5 Å². The fraction of sp³-hybridized carbons (Fsp3) is 0.433. The van der Waals surface area contributed by atoms with Crippen molar-refractivity contribution < 1.29 is 19.5 Å². The van der Waals surface area contributed by atoms with Gasteiger partial charge in [-0.3, -0.25) is 14.4 Å². The minimum absolute atomic E-state index is 0.0203. The molecule has 2 aromatic carbocycles. The van der Waals surface area contributed by atoms with Gasteiger partial charge in [-0.2, -0.15) is 0 Å². The lowest BCUT2D eigenvalue weighted by Gasteiger charge is -2.30. The maximum absolute atomic E-state index is 13.8. The van der Waals surface area contributed by atoms with Gasteiger partial charge in [-0.25, -0.2) is 4.68 Å². The highest BCUT2D eigenvalue weighted by atomic mass is 16.3. The number of rotatable bonds is 10. The van der Waals surface area contributed by atoms with Crippen molar-refractivity contribution in [1.82, 2.24) is 25.2 Å². The number of nitrogens with one attached hydrogen (secondary N) is 1. The topological polar surface area (TPSA) is 143 Å². The number of likely N-dealkylation sites (tertiary alicyclic amines) is 1. The van der Waals surface area contributed by atoms with E-state index in [2.05, 4.69) is 15.6 Å². The third kappa shape index (κ3) is 6.07.